The highest BCUT2D eigenvalue weighted by Gasteiger charge is 2.35. The van der Waals surface area contributed by atoms with Gasteiger partial charge in [0.15, 0.2) is 0 Å². The molecule has 0 bridgehead atoms. The van der Waals surface area contributed by atoms with E-state index >= 15 is 0 Å². The SMILES string of the molecule is CCOC1CC(N2CCNCc3ccccc32)C1. The summed E-state index contributed by atoms with van der Waals surface area (Å²) in [6, 6.07) is 9.45. The van der Waals surface area contributed by atoms with Gasteiger partial charge in [-0.3, -0.25) is 0 Å². The van der Waals surface area contributed by atoms with Gasteiger partial charge in [0.2, 0.25) is 0 Å². The molecule has 3 nitrogen and oxygen atoms in total. The molecule has 18 heavy (non-hydrogen) atoms. The van der Waals surface area contributed by atoms with E-state index in [1.807, 2.05) is 0 Å². The second-order valence-corrected chi connectivity index (χ2v) is 5.20. The van der Waals surface area contributed by atoms with Crippen LogP contribution in [0.15, 0.2) is 24.3 Å². The molecule has 0 radical (unpaired) electrons. The lowest BCUT2D eigenvalue weighted by atomic mass is 9.87. The molecule has 1 aromatic carbocycles. The first-order valence-corrected chi connectivity index (χ1v) is 7.05. The fourth-order valence-electron chi connectivity index (χ4n) is 3.03. The molecule has 0 aromatic heterocycles. The fourth-order valence-corrected chi connectivity index (χ4v) is 3.03. The Morgan fingerprint density at radius 2 is 2.17 bits per heavy atom. The summed E-state index contributed by atoms with van der Waals surface area (Å²) in [7, 11) is 0. The minimum absolute atomic E-state index is 0.489. The lowest BCUT2D eigenvalue weighted by molar-refractivity contribution is -0.00310. The van der Waals surface area contributed by atoms with E-state index in [1.54, 1.807) is 0 Å². The van der Waals surface area contributed by atoms with E-state index in [2.05, 4.69) is 41.4 Å². The van der Waals surface area contributed by atoms with Gasteiger partial charge in [-0.05, 0) is 31.4 Å². The highest BCUT2D eigenvalue weighted by Crippen LogP contribution is 2.34. The molecule has 0 saturated heterocycles. The molecule has 0 amide bonds. The Balaban J connectivity index is 1.73. The minimum Gasteiger partial charge on any atom is -0.378 e. The highest BCUT2D eigenvalue weighted by molar-refractivity contribution is 5.55. The zero-order chi connectivity index (χ0) is 12.4. The summed E-state index contributed by atoms with van der Waals surface area (Å²) in [5, 5.41) is 3.50. The second-order valence-electron chi connectivity index (χ2n) is 5.20. The van der Waals surface area contributed by atoms with Crippen molar-refractivity contribution in [3.63, 3.8) is 0 Å². The van der Waals surface area contributed by atoms with Crippen LogP contribution < -0.4 is 10.2 Å². The molecule has 1 heterocycles. The van der Waals surface area contributed by atoms with Crippen LogP contribution in [0.1, 0.15) is 25.3 Å². The topological polar surface area (TPSA) is 24.5 Å². The first-order chi connectivity index (χ1) is 8.88. The molecule has 1 aromatic rings. The van der Waals surface area contributed by atoms with E-state index in [1.165, 1.54) is 24.1 Å². The van der Waals surface area contributed by atoms with Gasteiger partial charge in [0.25, 0.3) is 0 Å². The Bertz CT molecular complexity index is 401. The monoisotopic (exact) mass is 246 g/mol. The maximum atomic E-state index is 5.68. The number of hydrogen-bond donors (Lipinski definition) is 1. The predicted octanol–water partition coefficient (Wildman–Crippen LogP) is 2.16. The van der Waals surface area contributed by atoms with Crippen LogP contribution in [0.2, 0.25) is 0 Å². The van der Waals surface area contributed by atoms with Crippen LogP contribution in [-0.2, 0) is 11.3 Å². The molecule has 3 rings (SSSR count). The molecule has 0 unspecified atom stereocenters. The van der Waals surface area contributed by atoms with E-state index in [-0.39, 0.29) is 0 Å². The van der Waals surface area contributed by atoms with Gasteiger partial charge < -0.3 is 15.0 Å². The van der Waals surface area contributed by atoms with Crippen molar-refractivity contribution in [1.82, 2.24) is 5.32 Å². The van der Waals surface area contributed by atoms with Crippen LogP contribution in [0.4, 0.5) is 5.69 Å². The summed E-state index contributed by atoms with van der Waals surface area (Å²) in [6.07, 6.45) is 2.85. The molecular formula is C15H22N2O. The fraction of sp³-hybridized carbons (Fsp3) is 0.600. The molecule has 2 aliphatic rings. The van der Waals surface area contributed by atoms with Gasteiger partial charge in [0, 0.05) is 38.0 Å². The van der Waals surface area contributed by atoms with Crippen molar-refractivity contribution >= 4 is 5.69 Å². The normalized spacial score (nSPS) is 27.3. The van der Waals surface area contributed by atoms with Crippen molar-refractivity contribution in [1.29, 1.82) is 0 Å². The van der Waals surface area contributed by atoms with Crippen molar-refractivity contribution < 1.29 is 4.74 Å². The number of nitrogens with one attached hydrogen (secondary N) is 1. The highest BCUT2D eigenvalue weighted by atomic mass is 16.5. The second kappa shape index (κ2) is 5.29. The van der Waals surface area contributed by atoms with Gasteiger partial charge in [0.05, 0.1) is 6.10 Å². The number of ether oxygens (including phenoxy) is 1. The van der Waals surface area contributed by atoms with Gasteiger partial charge in [-0.1, -0.05) is 18.2 Å². The maximum absolute atomic E-state index is 5.68. The van der Waals surface area contributed by atoms with Crippen LogP contribution >= 0.6 is 0 Å². The van der Waals surface area contributed by atoms with Crippen LogP contribution in [-0.4, -0.2) is 31.8 Å². The van der Waals surface area contributed by atoms with Crippen LogP contribution in [0.25, 0.3) is 0 Å². The summed E-state index contributed by atoms with van der Waals surface area (Å²) in [4.78, 5) is 2.57. The number of anilines is 1. The van der Waals surface area contributed by atoms with Gasteiger partial charge in [-0.2, -0.15) is 0 Å². The van der Waals surface area contributed by atoms with Crippen molar-refractivity contribution in [2.24, 2.45) is 0 Å². The third-order valence-corrected chi connectivity index (χ3v) is 4.06. The molecular weight excluding hydrogens is 224 g/mol. The summed E-state index contributed by atoms with van der Waals surface area (Å²) in [5.74, 6) is 0. The average Bonchev–Trinajstić information content (AvgIpc) is 2.56. The molecule has 1 N–H and O–H groups in total. The summed E-state index contributed by atoms with van der Waals surface area (Å²) in [6.45, 7) is 6.10. The Morgan fingerprint density at radius 3 is 3.00 bits per heavy atom. The molecule has 0 spiro atoms. The summed E-state index contributed by atoms with van der Waals surface area (Å²) >= 11 is 0. The lowest BCUT2D eigenvalue weighted by Crippen LogP contribution is -2.49. The van der Waals surface area contributed by atoms with Crippen molar-refractivity contribution in [3.05, 3.63) is 29.8 Å². The zero-order valence-corrected chi connectivity index (χ0v) is 11.1. The third kappa shape index (κ3) is 2.25. The molecule has 98 valence electrons. The Morgan fingerprint density at radius 1 is 1.33 bits per heavy atom. The van der Waals surface area contributed by atoms with Gasteiger partial charge in [-0.15, -0.1) is 0 Å². The lowest BCUT2D eigenvalue weighted by Gasteiger charge is -2.43. The molecule has 1 aliphatic heterocycles. The van der Waals surface area contributed by atoms with Gasteiger partial charge >= 0.3 is 0 Å². The van der Waals surface area contributed by atoms with E-state index in [0.717, 1.165) is 26.2 Å². The van der Waals surface area contributed by atoms with Gasteiger partial charge in [-0.25, -0.2) is 0 Å². The zero-order valence-electron chi connectivity index (χ0n) is 11.1. The number of benzene rings is 1. The summed E-state index contributed by atoms with van der Waals surface area (Å²) in [5.41, 5.74) is 2.84. The Hall–Kier alpha value is -1.06. The standard InChI is InChI=1S/C15H22N2O/c1-2-18-14-9-13(10-14)17-8-7-16-11-12-5-3-4-6-15(12)17/h3-6,13-14,16H,2,7-11H2,1H3. The van der Waals surface area contributed by atoms with Crippen LogP contribution in [0.3, 0.4) is 0 Å². The number of fused-ring (bicyclic) bond motifs is 1. The van der Waals surface area contributed by atoms with Crippen LogP contribution in [0, 0.1) is 0 Å². The largest absolute Gasteiger partial charge is 0.378 e. The number of hydrogen-bond acceptors (Lipinski definition) is 3. The third-order valence-electron chi connectivity index (χ3n) is 4.06. The first-order valence-electron chi connectivity index (χ1n) is 7.05. The van der Waals surface area contributed by atoms with Crippen molar-refractivity contribution in [3.8, 4) is 0 Å². The van der Waals surface area contributed by atoms with E-state index in [9.17, 15) is 0 Å². The van der Waals surface area contributed by atoms with E-state index in [0.29, 0.717) is 12.1 Å². The average molecular weight is 246 g/mol. The van der Waals surface area contributed by atoms with Crippen molar-refractivity contribution in [2.45, 2.75) is 38.5 Å². The van der Waals surface area contributed by atoms with E-state index < -0.39 is 0 Å². The maximum Gasteiger partial charge on any atom is 0.0614 e. The van der Waals surface area contributed by atoms with Crippen LogP contribution in [0.5, 0.6) is 0 Å². The van der Waals surface area contributed by atoms with E-state index in [4.69, 9.17) is 4.74 Å². The minimum atomic E-state index is 0.489. The smallest absolute Gasteiger partial charge is 0.0614 e. The summed E-state index contributed by atoms with van der Waals surface area (Å²) < 4.78 is 5.68. The van der Waals surface area contributed by atoms with Crippen molar-refractivity contribution in [2.75, 3.05) is 24.6 Å². The molecule has 3 heteroatoms. The Kier molecular flexibility index (Phi) is 3.52. The predicted molar refractivity (Wildman–Crippen MR) is 73.9 cm³/mol. The first kappa shape index (κ1) is 12.0. The number of para-hydroxylation sites is 1. The molecule has 1 aliphatic carbocycles. The Labute approximate surface area is 109 Å². The van der Waals surface area contributed by atoms with Gasteiger partial charge in [0.1, 0.15) is 0 Å². The molecule has 0 atom stereocenters. The number of rotatable bonds is 3. The molecule has 1 saturated carbocycles. The number of nitrogens with zero attached hydrogens (tertiary/aromatic N) is 1. The molecule has 1 fully saturated rings. The quantitative estimate of drug-likeness (QED) is 0.884.